The highest BCUT2D eigenvalue weighted by Crippen LogP contribution is 2.10. The molecule has 2 rings (SSSR count). The minimum atomic E-state index is -0.362. The molecule has 1 aliphatic heterocycles. The van der Waals surface area contributed by atoms with Crippen LogP contribution in [0.15, 0.2) is 35.4 Å². The Balaban J connectivity index is 1.91. The van der Waals surface area contributed by atoms with Crippen LogP contribution in [0.1, 0.15) is 22.8 Å². The summed E-state index contributed by atoms with van der Waals surface area (Å²) in [5.74, 6) is -0.405. The van der Waals surface area contributed by atoms with Crippen molar-refractivity contribution in [2.24, 2.45) is 0 Å². The van der Waals surface area contributed by atoms with Crippen molar-refractivity contribution in [1.82, 2.24) is 10.6 Å². The summed E-state index contributed by atoms with van der Waals surface area (Å²) in [6.07, 6.45) is 0. The van der Waals surface area contributed by atoms with Gasteiger partial charge in [-0.25, -0.2) is 4.79 Å². The summed E-state index contributed by atoms with van der Waals surface area (Å²) < 4.78 is 4.63. The summed E-state index contributed by atoms with van der Waals surface area (Å²) in [4.78, 5) is 23.2. The largest absolute Gasteiger partial charge is 0.465 e. The first-order chi connectivity index (χ1) is 9.61. The Hall–Kier alpha value is -2.14. The van der Waals surface area contributed by atoms with Crippen molar-refractivity contribution in [2.45, 2.75) is 13.5 Å². The Labute approximate surface area is 118 Å². The average Bonchev–Trinajstić information content (AvgIpc) is 2.42. The summed E-state index contributed by atoms with van der Waals surface area (Å²) in [6, 6.07) is 6.99. The van der Waals surface area contributed by atoms with E-state index in [9.17, 15) is 9.59 Å². The van der Waals surface area contributed by atoms with E-state index < -0.39 is 0 Å². The zero-order valence-corrected chi connectivity index (χ0v) is 11.7. The second-order valence-corrected chi connectivity index (χ2v) is 4.70. The van der Waals surface area contributed by atoms with Crippen molar-refractivity contribution in [2.75, 3.05) is 20.2 Å². The zero-order valence-electron chi connectivity index (χ0n) is 11.7. The van der Waals surface area contributed by atoms with Crippen LogP contribution in [0, 0.1) is 0 Å². The number of rotatable bonds is 4. The maximum absolute atomic E-state index is 11.9. The second-order valence-electron chi connectivity index (χ2n) is 4.70. The third-order valence-electron chi connectivity index (χ3n) is 3.38. The van der Waals surface area contributed by atoms with Gasteiger partial charge in [-0.1, -0.05) is 12.1 Å². The number of carbonyl (C=O) groups is 2. The second kappa shape index (κ2) is 6.34. The minimum Gasteiger partial charge on any atom is -0.465 e. The lowest BCUT2D eigenvalue weighted by molar-refractivity contribution is -0.117. The lowest BCUT2D eigenvalue weighted by atomic mass is 10.0. The standard InChI is InChI=1S/C15H18N2O3/c1-10(13-8-16-9-13)14(18)17-7-11-3-5-12(6-4-11)15(19)20-2/h3-6,16H,7-9H2,1-2H3,(H,17,18). The van der Waals surface area contributed by atoms with Gasteiger partial charge in [0.1, 0.15) is 0 Å². The number of methoxy groups -OCH3 is 1. The number of ether oxygens (including phenoxy) is 1. The topological polar surface area (TPSA) is 67.4 Å². The van der Waals surface area contributed by atoms with Crippen LogP contribution < -0.4 is 10.6 Å². The van der Waals surface area contributed by atoms with Crippen LogP contribution in [-0.2, 0) is 16.1 Å². The summed E-state index contributed by atoms with van der Waals surface area (Å²) >= 11 is 0. The Morgan fingerprint density at radius 2 is 1.90 bits per heavy atom. The zero-order chi connectivity index (χ0) is 14.5. The first-order valence-corrected chi connectivity index (χ1v) is 6.46. The van der Waals surface area contributed by atoms with E-state index in [1.54, 1.807) is 24.3 Å². The third-order valence-corrected chi connectivity index (χ3v) is 3.38. The van der Waals surface area contributed by atoms with E-state index in [2.05, 4.69) is 15.4 Å². The summed E-state index contributed by atoms with van der Waals surface area (Å²) in [5.41, 5.74) is 3.38. The summed E-state index contributed by atoms with van der Waals surface area (Å²) in [7, 11) is 1.35. The van der Waals surface area contributed by atoms with Gasteiger partial charge in [0.25, 0.3) is 0 Å². The molecule has 20 heavy (non-hydrogen) atoms. The van der Waals surface area contributed by atoms with Crippen molar-refractivity contribution >= 4 is 11.9 Å². The van der Waals surface area contributed by atoms with E-state index in [1.165, 1.54) is 7.11 Å². The number of amides is 1. The van der Waals surface area contributed by atoms with Crippen molar-refractivity contribution in [1.29, 1.82) is 0 Å². The summed E-state index contributed by atoms with van der Waals surface area (Å²) in [6.45, 7) is 3.88. The Morgan fingerprint density at radius 3 is 2.40 bits per heavy atom. The lowest BCUT2D eigenvalue weighted by Crippen LogP contribution is -2.37. The van der Waals surface area contributed by atoms with Gasteiger partial charge in [0, 0.05) is 25.2 Å². The van der Waals surface area contributed by atoms with Gasteiger partial charge >= 0.3 is 5.97 Å². The van der Waals surface area contributed by atoms with Crippen LogP contribution in [0.5, 0.6) is 0 Å². The van der Waals surface area contributed by atoms with Crippen molar-refractivity contribution < 1.29 is 14.3 Å². The van der Waals surface area contributed by atoms with Gasteiger partial charge in [-0.2, -0.15) is 0 Å². The van der Waals surface area contributed by atoms with Crippen LogP contribution in [0.25, 0.3) is 0 Å². The fourth-order valence-corrected chi connectivity index (χ4v) is 1.87. The number of hydrogen-bond acceptors (Lipinski definition) is 4. The third kappa shape index (κ3) is 3.24. The van der Waals surface area contributed by atoms with Crippen LogP contribution in [0.4, 0.5) is 0 Å². The molecule has 5 heteroatoms. The van der Waals surface area contributed by atoms with Crippen LogP contribution in [0.2, 0.25) is 0 Å². The molecule has 5 nitrogen and oxygen atoms in total. The van der Waals surface area contributed by atoms with E-state index in [4.69, 9.17) is 0 Å². The number of nitrogens with one attached hydrogen (secondary N) is 2. The van der Waals surface area contributed by atoms with Gasteiger partial charge in [0.15, 0.2) is 0 Å². The van der Waals surface area contributed by atoms with E-state index in [1.807, 2.05) is 6.92 Å². The molecule has 0 unspecified atom stereocenters. The molecular formula is C15H18N2O3. The van der Waals surface area contributed by atoms with Crippen molar-refractivity contribution in [3.05, 3.63) is 46.5 Å². The average molecular weight is 274 g/mol. The Bertz CT molecular complexity index is 541. The van der Waals surface area contributed by atoms with E-state index in [0.717, 1.165) is 29.8 Å². The highest BCUT2D eigenvalue weighted by atomic mass is 16.5. The predicted molar refractivity (Wildman–Crippen MR) is 75.2 cm³/mol. The van der Waals surface area contributed by atoms with Gasteiger partial charge in [0.05, 0.1) is 12.7 Å². The molecule has 1 fully saturated rings. The molecule has 0 aliphatic carbocycles. The minimum absolute atomic E-state index is 0.0430. The molecule has 0 bridgehead atoms. The fourth-order valence-electron chi connectivity index (χ4n) is 1.87. The lowest BCUT2D eigenvalue weighted by Gasteiger charge is -2.21. The van der Waals surface area contributed by atoms with Crippen molar-refractivity contribution in [3.8, 4) is 0 Å². The molecule has 0 atom stereocenters. The van der Waals surface area contributed by atoms with E-state index in [-0.39, 0.29) is 11.9 Å². The van der Waals surface area contributed by atoms with Crippen LogP contribution in [-0.4, -0.2) is 32.1 Å². The number of hydrogen-bond donors (Lipinski definition) is 2. The van der Waals surface area contributed by atoms with E-state index >= 15 is 0 Å². The summed E-state index contributed by atoms with van der Waals surface area (Å²) in [5, 5.41) is 5.98. The van der Waals surface area contributed by atoms with Crippen LogP contribution >= 0.6 is 0 Å². The first-order valence-electron chi connectivity index (χ1n) is 6.46. The molecule has 1 saturated heterocycles. The first kappa shape index (κ1) is 14.3. The van der Waals surface area contributed by atoms with Gasteiger partial charge in [0.2, 0.25) is 5.91 Å². The quantitative estimate of drug-likeness (QED) is 0.635. The number of esters is 1. The molecule has 0 radical (unpaired) electrons. The molecule has 1 aliphatic rings. The maximum Gasteiger partial charge on any atom is 0.337 e. The molecule has 1 heterocycles. The van der Waals surface area contributed by atoms with Gasteiger partial charge in [-0.3, -0.25) is 4.79 Å². The van der Waals surface area contributed by atoms with Gasteiger partial charge < -0.3 is 15.4 Å². The smallest absolute Gasteiger partial charge is 0.337 e. The fraction of sp³-hybridized carbons (Fsp3) is 0.333. The highest BCUT2D eigenvalue weighted by molar-refractivity contribution is 5.94. The van der Waals surface area contributed by atoms with Gasteiger partial charge in [-0.05, 0) is 30.2 Å². The molecular weight excluding hydrogens is 256 g/mol. The molecule has 2 N–H and O–H groups in total. The van der Waals surface area contributed by atoms with E-state index in [0.29, 0.717) is 12.1 Å². The molecule has 1 amide bonds. The van der Waals surface area contributed by atoms with Crippen LogP contribution in [0.3, 0.4) is 0 Å². The SMILES string of the molecule is COC(=O)c1ccc(CNC(=O)C(C)=C2CNC2)cc1. The molecule has 0 saturated carbocycles. The highest BCUT2D eigenvalue weighted by Gasteiger charge is 2.15. The number of benzene rings is 1. The maximum atomic E-state index is 11.9. The molecule has 0 aromatic heterocycles. The molecule has 1 aromatic rings. The normalized spacial score (nSPS) is 13.4. The van der Waals surface area contributed by atoms with Gasteiger partial charge in [-0.15, -0.1) is 0 Å². The monoisotopic (exact) mass is 274 g/mol. The Morgan fingerprint density at radius 1 is 1.25 bits per heavy atom. The molecule has 1 aromatic carbocycles. The molecule has 0 spiro atoms. The van der Waals surface area contributed by atoms with Crippen molar-refractivity contribution in [3.63, 3.8) is 0 Å². The number of carbonyl (C=O) groups excluding carboxylic acids is 2. The molecule has 106 valence electrons. The Kier molecular flexibility index (Phi) is 4.53. The predicted octanol–water partition coefficient (Wildman–Crippen LogP) is 1.01.